The fourth-order valence-corrected chi connectivity index (χ4v) is 2.09. The molecule has 0 aliphatic carbocycles. The molecule has 96 valence electrons. The summed E-state index contributed by atoms with van der Waals surface area (Å²) in [6.07, 6.45) is -3.53. The lowest BCUT2D eigenvalue weighted by atomic mass is 9.95. The van der Waals surface area contributed by atoms with Gasteiger partial charge in [-0.2, -0.15) is 0 Å². The minimum Gasteiger partial charge on any atom is -0.394 e. The van der Waals surface area contributed by atoms with Crippen LogP contribution in [0.2, 0.25) is 0 Å². The van der Waals surface area contributed by atoms with Gasteiger partial charge >= 0.3 is 0 Å². The first kappa shape index (κ1) is 13.8. The zero-order valence-corrected chi connectivity index (χ0v) is 10.2. The zero-order valence-electron chi connectivity index (χ0n) is 10.2. The van der Waals surface area contributed by atoms with E-state index in [4.69, 9.17) is 14.6 Å². The van der Waals surface area contributed by atoms with Crippen LogP contribution in [0.4, 0.5) is 0 Å². The van der Waals surface area contributed by atoms with E-state index >= 15 is 0 Å². The molecular formula is C10H22NO5+. The van der Waals surface area contributed by atoms with Gasteiger partial charge in [0.2, 0.25) is 6.29 Å². The summed E-state index contributed by atoms with van der Waals surface area (Å²) in [6, 6.07) is -0.400. The predicted octanol–water partition coefficient (Wildman–Crippen LogP) is -1.85. The maximum absolute atomic E-state index is 10.0. The van der Waals surface area contributed by atoms with Gasteiger partial charge in [-0.1, -0.05) is 0 Å². The second-order valence-corrected chi connectivity index (χ2v) is 5.05. The van der Waals surface area contributed by atoms with Gasteiger partial charge in [0.15, 0.2) is 6.04 Å². The second-order valence-electron chi connectivity index (χ2n) is 5.05. The van der Waals surface area contributed by atoms with Crippen molar-refractivity contribution in [3.63, 3.8) is 0 Å². The van der Waals surface area contributed by atoms with Crippen LogP contribution in [0.1, 0.15) is 0 Å². The van der Waals surface area contributed by atoms with Crippen molar-refractivity contribution in [1.29, 1.82) is 0 Å². The van der Waals surface area contributed by atoms with Crippen molar-refractivity contribution in [3.8, 4) is 0 Å². The maximum Gasteiger partial charge on any atom is 0.213 e. The first-order valence-corrected chi connectivity index (χ1v) is 5.29. The molecule has 6 nitrogen and oxygen atoms in total. The number of aliphatic hydroxyl groups excluding tert-OH is 3. The lowest BCUT2D eigenvalue weighted by Crippen LogP contribution is -2.68. The van der Waals surface area contributed by atoms with Crippen LogP contribution in [0.25, 0.3) is 0 Å². The molecule has 0 aromatic carbocycles. The molecule has 1 aliphatic rings. The molecule has 1 heterocycles. The number of hydrogen-bond acceptors (Lipinski definition) is 5. The minimum atomic E-state index is -1.10. The summed E-state index contributed by atoms with van der Waals surface area (Å²) in [6.45, 7) is -0.345. The first-order chi connectivity index (χ1) is 7.32. The second kappa shape index (κ2) is 4.95. The summed E-state index contributed by atoms with van der Waals surface area (Å²) in [5.74, 6) is 0. The third kappa shape index (κ3) is 2.53. The molecular weight excluding hydrogens is 214 g/mol. The molecule has 0 aromatic heterocycles. The number of hydrogen-bond donors (Lipinski definition) is 3. The molecule has 3 N–H and O–H groups in total. The molecule has 6 heteroatoms. The number of rotatable bonds is 3. The molecule has 0 bridgehead atoms. The van der Waals surface area contributed by atoms with Gasteiger partial charge in [0, 0.05) is 7.11 Å². The first-order valence-electron chi connectivity index (χ1n) is 5.29. The predicted molar refractivity (Wildman–Crippen MR) is 56.6 cm³/mol. The summed E-state index contributed by atoms with van der Waals surface area (Å²) in [7, 11) is 7.13. The average molecular weight is 236 g/mol. The molecule has 16 heavy (non-hydrogen) atoms. The molecule has 0 spiro atoms. The van der Waals surface area contributed by atoms with Crippen LogP contribution in [0.3, 0.4) is 0 Å². The van der Waals surface area contributed by atoms with Crippen LogP contribution in [-0.2, 0) is 9.47 Å². The number of aliphatic hydroxyl groups is 3. The quantitative estimate of drug-likeness (QED) is 0.501. The Labute approximate surface area is 95.6 Å². The Morgan fingerprint density at radius 3 is 2.12 bits per heavy atom. The highest BCUT2D eigenvalue weighted by molar-refractivity contribution is 4.89. The molecule has 1 fully saturated rings. The summed E-state index contributed by atoms with van der Waals surface area (Å²) >= 11 is 0. The normalized spacial score (nSPS) is 41.1. The van der Waals surface area contributed by atoms with Crippen molar-refractivity contribution in [3.05, 3.63) is 0 Å². The van der Waals surface area contributed by atoms with Crippen LogP contribution >= 0.6 is 0 Å². The van der Waals surface area contributed by atoms with Crippen molar-refractivity contribution in [2.75, 3.05) is 34.9 Å². The Hall–Kier alpha value is -0.240. The molecule has 1 aliphatic heterocycles. The van der Waals surface area contributed by atoms with E-state index in [1.165, 1.54) is 7.11 Å². The van der Waals surface area contributed by atoms with Crippen molar-refractivity contribution in [1.82, 2.24) is 0 Å². The molecule has 0 aromatic rings. The van der Waals surface area contributed by atoms with Gasteiger partial charge in [-0.05, 0) is 0 Å². The van der Waals surface area contributed by atoms with Crippen LogP contribution in [0, 0.1) is 0 Å². The van der Waals surface area contributed by atoms with Gasteiger partial charge in [-0.25, -0.2) is 0 Å². The van der Waals surface area contributed by atoms with Gasteiger partial charge in [-0.15, -0.1) is 0 Å². The van der Waals surface area contributed by atoms with Gasteiger partial charge in [0.1, 0.15) is 18.3 Å². The van der Waals surface area contributed by atoms with E-state index in [-0.39, 0.29) is 6.61 Å². The van der Waals surface area contributed by atoms with Gasteiger partial charge in [0.25, 0.3) is 0 Å². The van der Waals surface area contributed by atoms with Gasteiger partial charge in [0.05, 0.1) is 27.7 Å². The Bertz CT molecular complexity index is 228. The third-order valence-electron chi connectivity index (χ3n) is 2.98. The highest BCUT2D eigenvalue weighted by Crippen LogP contribution is 2.26. The fraction of sp³-hybridized carbons (Fsp3) is 1.00. The molecule has 0 amide bonds. The lowest BCUT2D eigenvalue weighted by molar-refractivity contribution is -0.909. The smallest absolute Gasteiger partial charge is 0.213 e. The molecule has 0 saturated carbocycles. The van der Waals surface area contributed by atoms with E-state index in [1.54, 1.807) is 0 Å². The summed E-state index contributed by atoms with van der Waals surface area (Å²) < 4.78 is 11.0. The maximum atomic E-state index is 10.0. The Morgan fingerprint density at radius 2 is 1.75 bits per heavy atom. The summed E-state index contributed by atoms with van der Waals surface area (Å²) in [5, 5.41) is 28.8. The topological polar surface area (TPSA) is 79.2 Å². The van der Waals surface area contributed by atoms with Gasteiger partial charge < -0.3 is 29.3 Å². The largest absolute Gasteiger partial charge is 0.394 e. The standard InChI is InChI=1S/C10H22NO5/c1-11(2,3)7-9(14)8(13)6(5-12)16-10(7)15-4/h6-10,12-14H,5H2,1-4H3/q+1/t6?,7-,8+,9+,10?/m0/s1. The molecule has 1 saturated heterocycles. The Balaban J connectivity index is 2.91. The van der Waals surface area contributed by atoms with E-state index < -0.39 is 30.6 Å². The van der Waals surface area contributed by atoms with Crippen molar-refractivity contribution in [2.24, 2.45) is 0 Å². The molecule has 1 rings (SSSR count). The zero-order chi connectivity index (χ0) is 12.5. The highest BCUT2D eigenvalue weighted by Gasteiger charge is 2.50. The lowest BCUT2D eigenvalue weighted by Gasteiger charge is -2.47. The number of nitrogens with zero attached hydrogens (tertiary/aromatic N) is 1. The molecule has 0 radical (unpaired) electrons. The van der Waals surface area contributed by atoms with E-state index in [2.05, 4.69) is 0 Å². The molecule has 5 atom stereocenters. The fourth-order valence-electron chi connectivity index (χ4n) is 2.09. The third-order valence-corrected chi connectivity index (χ3v) is 2.98. The van der Waals surface area contributed by atoms with Crippen LogP contribution in [0.15, 0.2) is 0 Å². The number of ether oxygens (including phenoxy) is 2. The minimum absolute atomic E-state index is 0.345. The summed E-state index contributed by atoms with van der Waals surface area (Å²) in [5.41, 5.74) is 0. The SMILES string of the molecule is COC1OC(CO)[C@@H](O)[C@H](O)[C@@H]1[N+](C)(C)C. The van der Waals surface area contributed by atoms with Crippen LogP contribution < -0.4 is 0 Å². The van der Waals surface area contributed by atoms with Crippen LogP contribution in [-0.4, -0.2) is 85.3 Å². The van der Waals surface area contributed by atoms with Crippen LogP contribution in [0.5, 0.6) is 0 Å². The number of likely N-dealkylation sites (N-methyl/N-ethyl adjacent to an activating group) is 1. The highest BCUT2D eigenvalue weighted by atomic mass is 16.7. The Kier molecular flexibility index (Phi) is 4.28. The monoisotopic (exact) mass is 236 g/mol. The van der Waals surface area contributed by atoms with Crippen molar-refractivity contribution in [2.45, 2.75) is 30.6 Å². The number of methoxy groups -OCH3 is 1. The van der Waals surface area contributed by atoms with E-state index in [0.29, 0.717) is 4.48 Å². The Morgan fingerprint density at radius 1 is 1.19 bits per heavy atom. The average Bonchev–Trinajstić information content (AvgIpc) is 2.19. The molecule has 2 unspecified atom stereocenters. The number of quaternary nitrogens is 1. The van der Waals surface area contributed by atoms with Gasteiger partial charge in [-0.3, -0.25) is 0 Å². The van der Waals surface area contributed by atoms with Crippen molar-refractivity contribution < 1.29 is 29.3 Å². The summed E-state index contributed by atoms with van der Waals surface area (Å²) in [4.78, 5) is 0. The van der Waals surface area contributed by atoms with E-state index in [1.807, 2.05) is 21.1 Å². The van der Waals surface area contributed by atoms with E-state index in [9.17, 15) is 10.2 Å². The van der Waals surface area contributed by atoms with E-state index in [0.717, 1.165) is 0 Å². The van der Waals surface area contributed by atoms with Crippen molar-refractivity contribution >= 4 is 0 Å².